The van der Waals surface area contributed by atoms with E-state index in [9.17, 15) is 14.7 Å². The number of carbonyl (C=O) groups excluding carboxylic acids is 2. The fourth-order valence-corrected chi connectivity index (χ4v) is 5.16. The standard InChI is InChI=1S/C23H28N2O6S/c1-13-18(24-22(31-13)15-6-4-7-16(11-15)29-2)12-30-17-8-3-5-14(9-17)10-19(26)20-21(27)25-23(28)32-20/h4,6-7,11,14,17,19-20,26H,3,5,8-10,12H2,1-2H3,(H,25,27,28)/t14-,17+,19?,20?/m1/s1. The van der Waals surface area contributed by atoms with Crippen LogP contribution in [0.25, 0.3) is 11.5 Å². The number of methoxy groups -OCH3 is 1. The van der Waals surface area contributed by atoms with Gasteiger partial charge in [0.25, 0.3) is 5.24 Å². The number of aromatic nitrogens is 1. The smallest absolute Gasteiger partial charge is 0.286 e. The molecule has 1 saturated carbocycles. The summed E-state index contributed by atoms with van der Waals surface area (Å²) in [6.07, 6.45) is 3.45. The van der Waals surface area contributed by atoms with Crippen molar-refractivity contribution in [2.45, 2.75) is 63.1 Å². The van der Waals surface area contributed by atoms with Gasteiger partial charge < -0.3 is 19.0 Å². The number of hydrogen-bond acceptors (Lipinski definition) is 8. The second-order valence-corrected chi connectivity index (χ2v) is 9.45. The van der Waals surface area contributed by atoms with E-state index in [1.165, 1.54) is 0 Å². The lowest BCUT2D eigenvalue weighted by Gasteiger charge is -2.31. The van der Waals surface area contributed by atoms with Gasteiger partial charge in [0.15, 0.2) is 0 Å². The van der Waals surface area contributed by atoms with Gasteiger partial charge in [0.05, 0.1) is 25.9 Å². The number of aryl methyl sites for hydroxylation is 1. The first kappa shape index (κ1) is 22.8. The summed E-state index contributed by atoms with van der Waals surface area (Å²) in [6.45, 7) is 2.23. The molecular formula is C23H28N2O6S. The van der Waals surface area contributed by atoms with Crippen LogP contribution in [0.3, 0.4) is 0 Å². The summed E-state index contributed by atoms with van der Waals surface area (Å²) < 4.78 is 17.3. The number of rotatable bonds is 8. The summed E-state index contributed by atoms with van der Waals surface area (Å²) in [5, 5.41) is 11.6. The quantitative estimate of drug-likeness (QED) is 0.611. The van der Waals surface area contributed by atoms with Crippen LogP contribution in [0.4, 0.5) is 4.79 Å². The van der Waals surface area contributed by atoms with E-state index in [0.717, 1.165) is 60.2 Å². The van der Waals surface area contributed by atoms with Crippen LogP contribution in [0.5, 0.6) is 5.75 Å². The number of nitrogens with zero attached hydrogens (tertiary/aromatic N) is 1. The molecule has 1 aliphatic heterocycles. The number of ether oxygens (including phenoxy) is 2. The number of nitrogens with one attached hydrogen (secondary N) is 1. The molecule has 1 saturated heterocycles. The first-order chi connectivity index (χ1) is 15.4. The fourth-order valence-electron chi connectivity index (χ4n) is 4.33. The first-order valence-electron chi connectivity index (χ1n) is 10.8. The highest BCUT2D eigenvalue weighted by Gasteiger charge is 2.38. The first-order valence-corrected chi connectivity index (χ1v) is 11.7. The van der Waals surface area contributed by atoms with Gasteiger partial charge in [0.2, 0.25) is 11.8 Å². The maximum Gasteiger partial charge on any atom is 0.286 e. The van der Waals surface area contributed by atoms with E-state index < -0.39 is 17.3 Å². The van der Waals surface area contributed by atoms with Gasteiger partial charge in [-0.1, -0.05) is 18.9 Å². The third kappa shape index (κ3) is 5.33. The van der Waals surface area contributed by atoms with E-state index in [0.29, 0.717) is 18.9 Å². The predicted octanol–water partition coefficient (Wildman–Crippen LogP) is 3.84. The Hall–Kier alpha value is -2.36. The Morgan fingerprint density at radius 2 is 2.19 bits per heavy atom. The summed E-state index contributed by atoms with van der Waals surface area (Å²) in [6, 6.07) is 7.56. The highest BCUT2D eigenvalue weighted by atomic mass is 32.2. The van der Waals surface area contributed by atoms with Gasteiger partial charge in [-0.05, 0) is 62.1 Å². The lowest BCUT2D eigenvalue weighted by atomic mass is 9.83. The van der Waals surface area contributed by atoms with E-state index in [1.807, 2.05) is 31.2 Å². The Balaban J connectivity index is 1.31. The topological polar surface area (TPSA) is 111 Å². The molecule has 0 spiro atoms. The molecule has 0 radical (unpaired) electrons. The molecule has 2 aromatic rings. The summed E-state index contributed by atoms with van der Waals surface area (Å²) in [4.78, 5) is 27.8. The van der Waals surface area contributed by atoms with Gasteiger partial charge in [-0.2, -0.15) is 0 Å². The van der Waals surface area contributed by atoms with E-state index >= 15 is 0 Å². The number of aliphatic hydroxyl groups is 1. The molecule has 32 heavy (non-hydrogen) atoms. The average molecular weight is 461 g/mol. The number of amides is 2. The van der Waals surface area contributed by atoms with Crippen molar-refractivity contribution in [2.75, 3.05) is 7.11 Å². The summed E-state index contributed by atoms with van der Waals surface area (Å²) in [7, 11) is 1.62. The van der Waals surface area contributed by atoms with Crippen molar-refractivity contribution in [3.8, 4) is 17.2 Å². The van der Waals surface area contributed by atoms with Crippen molar-refractivity contribution in [3.05, 3.63) is 35.7 Å². The Kier molecular flexibility index (Phi) is 7.17. The molecule has 4 atom stereocenters. The monoisotopic (exact) mass is 460 g/mol. The fraction of sp³-hybridized carbons (Fsp3) is 0.522. The number of oxazole rings is 1. The number of hydrogen-bond donors (Lipinski definition) is 2. The average Bonchev–Trinajstić information content (AvgIpc) is 3.33. The number of benzene rings is 1. The second kappa shape index (κ2) is 10.1. The van der Waals surface area contributed by atoms with Crippen LogP contribution in [0, 0.1) is 12.8 Å². The summed E-state index contributed by atoms with van der Waals surface area (Å²) in [5.41, 5.74) is 1.61. The van der Waals surface area contributed by atoms with Gasteiger partial charge in [0, 0.05) is 5.56 Å². The minimum absolute atomic E-state index is 0.0593. The normalized spacial score (nSPS) is 24.4. The molecule has 9 heteroatoms. The second-order valence-electron chi connectivity index (χ2n) is 8.34. The van der Waals surface area contributed by atoms with Crippen LogP contribution in [0.2, 0.25) is 0 Å². The zero-order chi connectivity index (χ0) is 22.7. The van der Waals surface area contributed by atoms with E-state index in [4.69, 9.17) is 13.9 Å². The molecule has 2 fully saturated rings. The third-order valence-corrected chi connectivity index (χ3v) is 7.14. The Labute approximate surface area is 191 Å². The molecule has 2 unspecified atom stereocenters. The summed E-state index contributed by atoms with van der Waals surface area (Å²) in [5.74, 6) is 1.85. The Morgan fingerprint density at radius 3 is 2.94 bits per heavy atom. The van der Waals surface area contributed by atoms with Crippen LogP contribution >= 0.6 is 11.8 Å². The van der Waals surface area contributed by atoms with Gasteiger partial charge in [0.1, 0.15) is 22.5 Å². The lowest BCUT2D eigenvalue weighted by molar-refractivity contribution is -0.120. The molecule has 1 aliphatic carbocycles. The largest absolute Gasteiger partial charge is 0.497 e. The third-order valence-electron chi connectivity index (χ3n) is 6.04. The molecule has 1 aromatic carbocycles. The number of carbonyl (C=O) groups is 2. The van der Waals surface area contributed by atoms with E-state index in [2.05, 4.69) is 10.3 Å². The van der Waals surface area contributed by atoms with Gasteiger partial charge in [-0.25, -0.2) is 4.98 Å². The van der Waals surface area contributed by atoms with E-state index in [-0.39, 0.29) is 17.3 Å². The van der Waals surface area contributed by atoms with Crippen molar-refractivity contribution >= 4 is 22.9 Å². The number of imide groups is 1. The number of aliphatic hydroxyl groups excluding tert-OH is 1. The molecular weight excluding hydrogens is 432 g/mol. The van der Waals surface area contributed by atoms with Crippen LogP contribution < -0.4 is 10.1 Å². The van der Waals surface area contributed by atoms with Crippen LogP contribution in [0.15, 0.2) is 28.7 Å². The highest BCUT2D eigenvalue weighted by molar-refractivity contribution is 8.15. The highest BCUT2D eigenvalue weighted by Crippen LogP contribution is 2.34. The molecule has 0 bridgehead atoms. The number of thioether (sulfide) groups is 1. The molecule has 1 aromatic heterocycles. The minimum Gasteiger partial charge on any atom is -0.497 e. The maximum atomic E-state index is 11.8. The zero-order valence-electron chi connectivity index (χ0n) is 18.2. The van der Waals surface area contributed by atoms with Crippen LogP contribution in [0.1, 0.15) is 43.6 Å². The molecule has 2 aliphatic rings. The van der Waals surface area contributed by atoms with Gasteiger partial charge in [-0.3, -0.25) is 14.9 Å². The Bertz CT molecular complexity index is 977. The predicted molar refractivity (Wildman–Crippen MR) is 119 cm³/mol. The minimum atomic E-state index is -0.835. The van der Waals surface area contributed by atoms with Crippen molar-refractivity contribution in [1.82, 2.24) is 10.3 Å². The molecule has 8 nitrogen and oxygen atoms in total. The lowest BCUT2D eigenvalue weighted by Crippen LogP contribution is -2.35. The SMILES string of the molecule is COc1cccc(-c2nc(CO[C@H]3CCC[C@@H](CC(O)C4SC(=O)NC4=O)C3)c(C)o2)c1. The molecule has 2 N–H and O–H groups in total. The van der Waals surface area contributed by atoms with Crippen LogP contribution in [-0.4, -0.2) is 45.8 Å². The van der Waals surface area contributed by atoms with Crippen molar-refractivity contribution in [1.29, 1.82) is 0 Å². The maximum absolute atomic E-state index is 11.8. The van der Waals surface area contributed by atoms with Gasteiger partial charge >= 0.3 is 0 Å². The zero-order valence-corrected chi connectivity index (χ0v) is 19.0. The van der Waals surface area contributed by atoms with Crippen molar-refractivity contribution in [2.24, 2.45) is 5.92 Å². The molecule has 2 heterocycles. The Morgan fingerprint density at radius 1 is 1.34 bits per heavy atom. The molecule has 172 valence electrons. The van der Waals surface area contributed by atoms with Crippen molar-refractivity contribution in [3.63, 3.8) is 0 Å². The van der Waals surface area contributed by atoms with E-state index in [1.54, 1.807) is 7.11 Å². The van der Waals surface area contributed by atoms with Crippen LogP contribution in [-0.2, 0) is 16.1 Å². The van der Waals surface area contributed by atoms with Crippen molar-refractivity contribution < 1.29 is 28.6 Å². The molecule has 4 rings (SSSR count). The van der Waals surface area contributed by atoms with Gasteiger partial charge in [-0.15, -0.1) is 0 Å². The molecule has 2 amide bonds. The summed E-state index contributed by atoms with van der Waals surface area (Å²) >= 11 is 0.876.